The topological polar surface area (TPSA) is 41.6 Å². The van der Waals surface area contributed by atoms with Crippen molar-refractivity contribution >= 4 is 5.91 Å². The van der Waals surface area contributed by atoms with Gasteiger partial charge in [-0.15, -0.1) is 0 Å². The lowest BCUT2D eigenvalue weighted by molar-refractivity contribution is -0.128. The average Bonchev–Trinajstić information content (AvgIpc) is 2.58. The highest BCUT2D eigenvalue weighted by atomic mass is 16.5. The molecule has 4 heteroatoms. The third-order valence-electron chi connectivity index (χ3n) is 6.42. The molecule has 3 fully saturated rings. The third kappa shape index (κ3) is 4.27. The van der Waals surface area contributed by atoms with Crippen molar-refractivity contribution in [1.82, 2.24) is 10.2 Å². The molecule has 4 nitrogen and oxygen atoms in total. The second-order valence-electron chi connectivity index (χ2n) is 8.13. The van der Waals surface area contributed by atoms with Gasteiger partial charge in [0.25, 0.3) is 0 Å². The SMILES string of the molecule is COCC1(CNC(=O)[C@@H]2CCCN(C3CCCCC3)C2)CCC1. The van der Waals surface area contributed by atoms with Gasteiger partial charge < -0.3 is 10.1 Å². The molecule has 2 aliphatic carbocycles. The van der Waals surface area contributed by atoms with Gasteiger partial charge in [0.2, 0.25) is 5.91 Å². The molecule has 1 amide bonds. The molecule has 1 saturated heterocycles. The van der Waals surface area contributed by atoms with E-state index in [0.29, 0.717) is 0 Å². The van der Waals surface area contributed by atoms with E-state index in [-0.39, 0.29) is 17.2 Å². The summed E-state index contributed by atoms with van der Waals surface area (Å²) in [5, 5.41) is 3.26. The maximum atomic E-state index is 12.6. The highest BCUT2D eigenvalue weighted by Gasteiger charge is 2.38. The van der Waals surface area contributed by atoms with Gasteiger partial charge in [0, 0.05) is 31.7 Å². The van der Waals surface area contributed by atoms with Gasteiger partial charge in [-0.2, -0.15) is 0 Å². The lowest BCUT2D eigenvalue weighted by Crippen LogP contribution is -2.50. The summed E-state index contributed by atoms with van der Waals surface area (Å²) in [6.45, 7) is 3.77. The van der Waals surface area contributed by atoms with Crippen molar-refractivity contribution in [3.05, 3.63) is 0 Å². The molecule has 1 aliphatic heterocycles. The van der Waals surface area contributed by atoms with E-state index in [4.69, 9.17) is 4.74 Å². The number of piperidine rings is 1. The summed E-state index contributed by atoms with van der Waals surface area (Å²) in [5.74, 6) is 0.484. The second kappa shape index (κ2) is 7.98. The van der Waals surface area contributed by atoms with E-state index >= 15 is 0 Å². The number of nitrogens with one attached hydrogen (secondary N) is 1. The minimum Gasteiger partial charge on any atom is -0.384 e. The van der Waals surface area contributed by atoms with Crippen LogP contribution in [0.15, 0.2) is 0 Å². The van der Waals surface area contributed by atoms with Crippen molar-refractivity contribution in [2.45, 2.75) is 70.3 Å². The van der Waals surface area contributed by atoms with Gasteiger partial charge in [-0.1, -0.05) is 25.7 Å². The fraction of sp³-hybridized carbons (Fsp3) is 0.947. The summed E-state index contributed by atoms with van der Waals surface area (Å²) in [6, 6.07) is 0.741. The molecule has 1 heterocycles. The Kier molecular flexibility index (Phi) is 5.97. The van der Waals surface area contributed by atoms with Crippen LogP contribution in [0.5, 0.6) is 0 Å². The summed E-state index contributed by atoms with van der Waals surface area (Å²) >= 11 is 0. The Bertz CT molecular complexity index is 389. The zero-order valence-electron chi connectivity index (χ0n) is 14.8. The molecule has 0 radical (unpaired) electrons. The molecule has 23 heavy (non-hydrogen) atoms. The normalized spacial score (nSPS) is 29.0. The number of carbonyl (C=O) groups is 1. The van der Waals surface area contributed by atoms with Crippen LogP contribution < -0.4 is 5.32 Å². The number of methoxy groups -OCH3 is 1. The van der Waals surface area contributed by atoms with E-state index in [1.165, 1.54) is 64.3 Å². The standard InChI is InChI=1S/C19H34N2O2/c1-23-15-19(10-6-11-19)14-20-18(22)16-7-5-12-21(13-16)17-8-3-2-4-9-17/h16-17H,2-15H2,1H3,(H,20,22)/t16-/m1/s1. The van der Waals surface area contributed by atoms with Crippen LogP contribution >= 0.6 is 0 Å². The lowest BCUT2D eigenvalue weighted by atomic mass is 9.69. The largest absolute Gasteiger partial charge is 0.384 e. The molecule has 1 atom stereocenters. The van der Waals surface area contributed by atoms with Gasteiger partial charge in [-0.25, -0.2) is 0 Å². The third-order valence-corrected chi connectivity index (χ3v) is 6.42. The maximum Gasteiger partial charge on any atom is 0.224 e. The van der Waals surface area contributed by atoms with E-state index < -0.39 is 0 Å². The highest BCUT2D eigenvalue weighted by molar-refractivity contribution is 5.79. The first-order valence-electron chi connectivity index (χ1n) is 9.73. The van der Waals surface area contributed by atoms with Gasteiger partial charge in [-0.05, 0) is 45.1 Å². The number of ether oxygens (including phenoxy) is 1. The van der Waals surface area contributed by atoms with Crippen molar-refractivity contribution < 1.29 is 9.53 Å². The van der Waals surface area contributed by atoms with Crippen molar-refractivity contribution in [3.63, 3.8) is 0 Å². The molecule has 3 rings (SSSR count). The van der Waals surface area contributed by atoms with Crippen LogP contribution in [0.4, 0.5) is 0 Å². The zero-order valence-corrected chi connectivity index (χ0v) is 14.8. The van der Waals surface area contributed by atoms with E-state index in [1.54, 1.807) is 7.11 Å². The molecule has 0 spiro atoms. The smallest absolute Gasteiger partial charge is 0.224 e. The Morgan fingerprint density at radius 1 is 1.13 bits per heavy atom. The van der Waals surface area contributed by atoms with Gasteiger partial charge >= 0.3 is 0 Å². The Labute approximate surface area is 141 Å². The molecule has 0 unspecified atom stereocenters. The van der Waals surface area contributed by atoms with Crippen LogP contribution in [0.25, 0.3) is 0 Å². The number of amides is 1. The van der Waals surface area contributed by atoms with E-state index in [1.807, 2.05) is 0 Å². The van der Waals surface area contributed by atoms with Crippen molar-refractivity contribution in [3.8, 4) is 0 Å². The number of carbonyl (C=O) groups excluding carboxylic acids is 1. The molecule has 0 aromatic heterocycles. The highest BCUT2D eigenvalue weighted by Crippen LogP contribution is 2.40. The molecule has 1 N–H and O–H groups in total. The number of likely N-dealkylation sites (tertiary alicyclic amines) is 1. The summed E-state index contributed by atoms with van der Waals surface area (Å²) < 4.78 is 5.36. The summed E-state index contributed by atoms with van der Waals surface area (Å²) in [4.78, 5) is 15.3. The van der Waals surface area contributed by atoms with E-state index in [2.05, 4.69) is 10.2 Å². The van der Waals surface area contributed by atoms with Crippen molar-refractivity contribution in [1.29, 1.82) is 0 Å². The van der Waals surface area contributed by atoms with Crippen LogP contribution in [0.3, 0.4) is 0 Å². The first-order valence-corrected chi connectivity index (χ1v) is 9.73. The fourth-order valence-corrected chi connectivity index (χ4v) is 4.77. The zero-order chi connectivity index (χ0) is 16.1. The lowest BCUT2D eigenvalue weighted by Gasteiger charge is -2.42. The number of rotatable bonds is 6. The van der Waals surface area contributed by atoms with Crippen LogP contribution in [0, 0.1) is 11.3 Å². The molecule has 2 saturated carbocycles. The number of hydrogen-bond acceptors (Lipinski definition) is 3. The van der Waals surface area contributed by atoms with E-state index in [0.717, 1.165) is 32.2 Å². The second-order valence-corrected chi connectivity index (χ2v) is 8.13. The summed E-state index contributed by atoms with van der Waals surface area (Å²) in [5.41, 5.74) is 0.224. The molecule has 132 valence electrons. The van der Waals surface area contributed by atoms with Crippen LogP contribution in [-0.4, -0.2) is 50.2 Å². The molecular formula is C19H34N2O2. The minimum absolute atomic E-state index is 0.199. The Balaban J connectivity index is 1.46. The van der Waals surface area contributed by atoms with Crippen LogP contribution in [0.2, 0.25) is 0 Å². The van der Waals surface area contributed by atoms with Crippen molar-refractivity contribution in [2.24, 2.45) is 11.3 Å². The monoisotopic (exact) mass is 322 g/mol. The molecule has 0 aromatic rings. The Morgan fingerprint density at radius 3 is 2.57 bits per heavy atom. The van der Waals surface area contributed by atoms with Gasteiger partial charge in [-0.3, -0.25) is 9.69 Å². The Hall–Kier alpha value is -0.610. The molecule has 3 aliphatic rings. The quantitative estimate of drug-likeness (QED) is 0.817. The van der Waals surface area contributed by atoms with Crippen LogP contribution in [0.1, 0.15) is 64.2 Å². The Morgan fingerprint density at radius 2 is 1.91 bits per heavy atom. The molecular weight excluding hydrogens is 288 g/mol. The predicted octanol–water partition coefficient (Wildman–Crippen LogP) is 2.96. The summed E-state index contributed by atoms with van der Waals surface area (Å²) in [7, 11) is 1.77. The summed E-state index contributed by atoms with van der Waals surface area (Å²) in [6.07, 6.45) is 12.7. The first kappa shape index (κ1) is 17.2. The minimum atomic E-state index is 0.199. The maximum absolute atomic E-state index is 12.6. The van der Waals surface area contributed by atoms with Gasteiger partial charge in [0.05, 0.1) is 12.5 Å². The fourth-order valence-electron chi connectivity index (χ4n) is 4.77. The van der Waals surface area contributed by atoms with Gasteiger partial charge in [0.1, 0.15) is 0 Å². The molecule has 0 bridgehead atoms. The number of nitrogens with zero attached hydrogens (tertiary/aromatic N) is 1. The van der Waals surface area contributed by atoms with Crippen molar-refractivity contribution in [2.75, 3.05) is 33.4 Å². The molecule has 0 aromatic carbocycles. The average molecular weight is 322 g/mol. The van der Waals surface area contributed by atoms with Gasteiger partial charge in [0.15, 0.2) is 0 Å². The van der Waals surface area contributed by atoms with E-state index in [9.17, 15) is 4.79 Å². The first-order chi connectivity index (χ1) is 11.2. The predicted molar refractivity (Wildman–Crippen MR) is 92.3 cm³/mol. The van der Waals surface area contributed by atoms with Crippen LogP contribution in [-0.2, 0) is 9.53 Å². The number of hydrogen-bond donors (Lipinski definition) is 1.